The zero-order chi connectivity index (χ0) is 23.4. The Bertz CT molecular complexity index is 1010. The number of benzene rings is 1. The Morgan fingerprint density at radius 3 is 2.52 bits per heavy atom. The highest BCUT2D eigenvalue weighted by molar-refractivity contribution is 7.17. The van der Waals surface area contributed by atoms with Crippen molar-refractivity contribution >= 4 is 34.1 Å². The number of piperazine rings is 1. The van der Waals surface area contributed by atoms with Gasteiger partial charge in [0.15, 0.2) is 0 Å². The Morgan fingerprint density at radius 2 is 1.82 bits per heavy atom. The van der Waals surface area contributed by atoms with Gasteiger partial charge in [-0.1, -0.05) is 30.3 Å². The molecule has 4 rings (SSSR count). The minimum atomic E-state index is -0.475. The quantitative estimate of drug-likeness (QED) is 0.623. The molecule has 1 aliphatic carbocycles. The first-order valence-corrected chi connectivity index (χ1v) is 12.6. The van der Waals surface area contributed by atoms with Crippen molar-refractivity contribution in [3.63, 3.8) is 0 Å². The average Bonchev–Trinajstić information content (AvgIpc) is 3.40. The first-order valence-electron chi connectivity index (χ1n) is 11.7. The van der Waals surface area contributed by atoms with E-state index in [1.165, 1.54) is 16.9 Å². The van der Waals surface area contributed by atoms with Gasteiger partial charge in [0.05, 0.1) is 11.6 Å². The summed E-state index contributed by atoms with van der Waals surface area (Å²) in [4.78, 5) is 42.7. The molecule has 176 valence electrons. The van der Waals surface area contributed by atoms with E-state index >= 15 is 0 Å². The summed E-state index contributed by atoms with van der Waals surface area (Å²) in [6, 6.07) is 9.87. The van der Waals surface area contributed by atoms with E-state index in [1.807, 2.05) is 30.0 Å². The van der Waals surface area contributed by atoms with Crippen molar-refractivity contribution in [2.45, 2.75) is 51.5 Å². The Balaban J connectivity index is 1.25. The molecule has 1 fully saturated rings. The number of fused-ring (bicyclic) bond motifs is 1. The lowest BCUT2D eigenvalue weighted by molar-refractivity contribution is -0.133. The molecule has 1 unspecified atom stereocenters. The van der Waals surface area contributed by atoms with Gasteiger partial charge in [0, 0.05) is 37.5 Å². The van der Waals surface area contributed by atoms with Crippen molar-refractivity contribution in [1.29, 1.82) is 0 Å². The first-order chi connectivity index (χ1) is 15.9. The van der Waals surface area contributed by atoms with E-state index in [0.717, 1.165) is 42.5 Å². The summed E-state index contributed by atoms with van der Waals surface area (Å²) in [6.45, 7) is 4.44. The molecule has 1 aromatic heterocycles. The second kappa shape index (κ2) is 10.5. The Morgan fingerprint density at radius 1 is 1.09 bits per heavy atom. The molecule has 2 aromatic rings. The lowest BCUT2D eigenvalue weighted by Crippen LogP contribution is -2.54. The Kier molecular flexibility index (Phi) is 7.45. The standard InChI is InChI=1S/C25H32N4O3S/c1-17(24(32)27-25-22(23(26)31)19-10-6-11-20(19)33-25)28-13-15-29(16-14-28)21(30)12-5-9-18-7-3-2-4-8-18/h2-4,7-8,17H,5-6,9-16H2,1H3,(H2,26,31)(H,27,32). The SMILES string of the molecule is CC(C(=O)Nc1sc2c(c1C(N)=O)CCC2)N1CCN(C(=O)CCCc2ccccc2)CC1. The van der Waals surface area contributed by atoms with E-state index in [4.69, 9.17) is 5.73 Å². The Hall–Kier alpha value is -2.71. The van der Waals surface area contributed by atoms with E-state index in [9.17, 15) is 14.4 Å². The molecule has 7 nitrogen and oxygen atoms in total. The van der Waals surface area contributed by atoms with Gasteiger partial charge in [-0.15, -0.1) is 11.3 Å². The fourth-order valence-electron chi connectivity index (χ4n) is 4.74. The number of primary amides is 1. The van der Waals surface area contributed by atoms with Crippen LogP contribution in [0.4, 0.5) is 5.00 Å². The van der Waals surface area contributed by atoms with Crippen LogP contribution in [0.15, 0.2) is 30.3 Å². The van der Waals surface area contributed by atoms with Crippen molar-refractivity contribution in [1.82, 2.24) is 9.80 Å². The van der Waals surface area contributed by atoms with Crippen LogP contribution >= 0.6 is 11.3 Å². The molecule has 0 bridgehead atoms. The molecule has 1 aliphatic heterocycles. The Labute approximate surface area is 198 Å². The second-order valence-corrected chi connectivity index (χ2v) is 9.95. The van der Waals surface area contributed by atoms with Gasteiger partial charge in [-0.25, -0.2) is 0 Å². The first kappa shape index (κ1) is 23.4. The zero-order valence-corrected chi connectivity index (χ0v) is 20.0. The van der Waals surface area contributed by atoms with Gasteiger partial charge in [0.25, 0.3) is 5.91 Å². The monoisotopic (exact) mass is 468 g/mol. The molecule has 0 saturated carbocycles. The predicted octanol–water partition coefficient (Wildman–Crippen LogP) is 2.83. The van der Waals surface area contributed by atoms with Crippen LogP contribution in [0, 0.1) is 0 Å². The molecule has 8 heteroatoms. The third kappa shape index (κ3) is 5.45. The minimum Gasteiger partial charge on any atom is -0.365 e. The molecule has 33 heavy (non-hydrogen) atoms. The van der Waals surface area contributed by atoms with Crippen molar-refractivity contribution in [2.24, 2.45) is 5.73 Å². The lowest BCUT2D eigenvalue weighted by Gasteiger charge is -2.37. The summed E-state index contributed by atoms with van der Waals surface area (Å²) < 4.78 is 0. The number of thiophene rings is 1. The van der Waals surface area contributed by atoms with Crippen molar-refractivity contribution in [3.8, 4) is 0 Å². The van der Waals surface area contributed by atoms with Gasteiger partial charge in [-0.05, 0) is 50.2 Å². The molecule has 3 N–H and O–H groups in total. The number of anilines is 1. The van der Waals surface area contributed by atoms with Crippen LogP contribution in [0.5, 0.6) is 0 Å². The van der Waals surface area contributed by atoms with E-state index < -0.39 is 5.91 Å². The molecule has 1 aromatic carbocycles. The highest BCUT2D eigenvalue weighted by Crippen LogP contribution is 2.38. The maximum Gasteiger partial charge on any atom is 0.251 e. The normalized spacial score (nSPS) is 16.9. The lowest BCUT2D eigenvalue weighted by atomic mass is 10.1. The predicted molar refractivity (Wildman–Crippen MR) is 130 cm³/mol. The molecular formula is C25H32N4O3S. The van der Waals surface area contributed by atoms with E-state index in [1.54, 1.807) is 0 Å². The van der Waals surface area contributed by atoms with Crippen LogP contribution in [0.3, 0.4) is 0 Å². The highest BCUT2D eigenvalue weighted by Gasteiger charge is 2.30. The molecule has 1 saturated heterocycles. The van der Waals surface area contributed by atoms with Gasteiger partial charge in [0.2, 0.25) is 11.8 Å². The molecule has 2 aliphatic rings. The number of rotatable bonds is 8. The number of aryl methyl sites for hydroxylation is 2. The second-order valence-electron chi connectivity index (χ2n) is 8.85. The molecule has 0 spiro atoms. The van der Waals surface area contributed by atoms with Crippen LogP contribution in [-0.2, 0) is 28.9 Å². The van der Waals surface area contributed by atoms with Crippen LogP contribution in [-0.4, -0.2) is 59.7 Å². The van der Waals surface area contributed by atoms with Gasteiger partial charge in [0.1, 0.15) is 5.00 Å². The average molecular weight is 469 g/mol. The largest absolute Gasteiger partial charge is 0.365 e. The van der Waals surface area contributed by atoms with Crippen LogP contribution in [0.1, 0.15) is 52.5 Å². The van der Waals surface area contributed by atoms with E-state index in [2.05, 4.69) is 22.3 Å². The topological polar surface area (TPSA) is 95.7 Å². The van der Waals surface area contributed by atoms with Crippen molar-refractivity contribution in [2.75, 3.05) is 31.5 Å². The number of carbonyl (C=O) groups is 3. The van der Waals surface area contributed by atoms with Gasteiger partial charge in [-0.2, -0.15) is 0 Å². The molecular weight excluding hydrogens is 436 g/mol. The maximum atomic E-state index is 12.9. The fraction of sp³-hybridized carbons (Fsp3) is 0.480. The third-order valence-electron chi connectivity index (χ3n) is 6.70. The summed E-state index contributed by atoms with van der Waals surface area (Å²) in [7, 11) is 0. The summed E-state index contributed by atoms with van der Waals surface area (Å²) >= 11 is 1.48. The smallest absolute Gasteiger partial charge is 0.251 e. The summed E-state index contributed by atoms with van der Waals surface area (Å²) in [6.07, 6.45) is 5.10. The third-order valence-corrected chi connectivity index (χ3v) is 7.90. The fourth-order valence-corrected chi connectivity index (χ4v) is 6.04. The van der Waals surface area contributed by atoms with Gasteiger partial charge >= 0.3 is 0 Å². The molecule has 3 amide bonds. The van der Waals surface area contributed by atoms with Crippen molar-refractivity contribution < 1.29 is 14.4 Å². The van der Waals surface area contributed by atoms with Crippen molar-refractivity contribution in [3.05, 3.63) is 51.9 Å². The minimum absolute atomic E-state index is 0.139. The van der Waals surface area contributed by atoms with Crippen LogP contribution in [0.25, 0.3) is 0 Å². The summed E-state index contributed by atoms with van der Waals surface area (Å²) in [5, 5.41) is 3.53. The number of carbonyl (C=O) groups excluding carboxylic acids is 3. The number of amides is 3. The molecule has 0 radical (unpaired) electrons. The summed E-state index contributed by atoms with van der Waals surface area (Å²) in [5.74, 6) is -0.432. The van der Waals surface area contributed by atoms with E-state index in [-0.39, 0.29) is 17.9 Å². The van der Waals surface area contributed by atoms with Gasteiger partial charge < -0.3 is 16.0 Å². The molecule has 1 atom stereocenters. The number of hydrogen-bond acceptors (Lipinski definition) is 5. The van der Waals surface area contributed by atoms with Gasteiger partial charge in [-0.3, -0.25) is 19.3 Å². The maximum absolute atomic E-state index is 12.9. The van der Waals surface area contributed by atoms with Crippen LogP contribution in [0.2, 0.25) is 0 Å². The zero-order valence-electron chi connectivity index (χ0n) is 19.1. The number of nitrogens with two attached hydrogens (primary N) is 1. The number of hydrogen-bond donors (Lipinski definition) is 2. The summed E-state index contributed by atoms with van der Waals surface area (Å²) in [5.41, 5.74) is 8.36. The van der Waals surface area contributed by atoms with Crippen LogP contribution < -0.4 is 11.1 Å². The number of nitrogens with one attached hydrogen (secondary N) is 1. The molecule has 2 heterocycles. The van der Waals surface area contributed by atoms with E-state index in [0.29, 0.717) is 43.2 Å². The highest BCUT2D eigenvalue weighted by atomic mass is 32.1. The number of nitrogens with zero attached hydrogens (tertiary/aromatic N) is 2.